The maximum absolute atomic E-state index is 12.2. The van der Waals surface area contributed by atoms with E-state index in [0.29, 0.717) is 12.2 Å². The average molecular weight is 284 g/mol. The number of ether oxygens (including phenoxy) is 1. The molecule has 0 radical (unpaired) electrons. The molecule has 0 N–H and O–H groups in total. The van der Waals surface area contributed by atoms with Crippen LogP contribution in [0, 0.1) is 6.92 Å². The van der Waals surface area contributed by atoms with Gasteiger partial charge in [-0.1, -0.05) is 18.2 Å². The van der Waals surface area contributed by atoms with E-state index in [2.05, 4.69) is 0 Å². The molecule has 110 valence electrons. The molecule has 1 heterocycles. The molecule has 0 bridgehead atoms. The second kappa shape index (κ2) is 5.72. The lowest BCUT2D eigenvalue weighted by molar-refractivity contribution is 0.0527. The molecule has 1 aromatic carbocycles. The van der Waals surface area contributed by atoms with Gasteiger partial charge in [0.2, 0.25) is 0 Å². The van der Waals surface area contributed by atoms with E-state index in [4.69, 9.17) is 9.84 Å². The number of aromatic nitrogens is 1. The number of fused-ring (bicyclic) bond motifs is 1. The summed E-state index contributed by atoms with van der Waals surface area (Å²) in [6, 6.07) is 7.88. The molecule has 0 spiro atoms. The Hall–Kier alpha value is -2.10. The second-order valence-electron chi connectivity index (χ2n) is 5.38. The number of hydrogen-bond acceptors (Lipinski definition) is 3. The van der Waals surface area contributed by atoms with E-state index in [1.165, 1.54) is 18.6 Å². The highest BCUT2D eigenvalue weighted by molar-refractivity contribution is 6.06. The van der Waals surface area contributed by atoms with Crippen LogP contribution in [-0.4, -0.2) is 23.0 Å². The Kier molecular flexibility index (Phi) is 3.78. The van der Waals surface area contributed by atoms with Crippen molar-refractivity contribution in [3.8, 4) is 0 Å². The second-order valence-corrected chi connectivity index (χ2v) is 5.38. The van der Waals surface area contributed by atoms with Crippen molar-refractivity contribution in [3.63, 3.8) is 0 Å². The fourth-order valence-corrected chi connectivity index (χ4v) is 2.97. The highest BCUT2D eigenvalue weighted by atomic mass is 16.5. The molecule has 0 amide bonds. The summed E-state index contributed by atoms with van der Waals surface area (Å²) in [5, 5.41) is 5.69. The lowest BCUT2D eigenvalue weighted by atomic mass is 10.1. The van der Waals surface area contributed by atoms with Crippen molar-refractivity contribution in [1.29, 1.82) is 0 Å². The Morgan fingerprint density at radius 1 is 1.29 bits per heavy atom. The highest BCUT2D eigenvalue weighted by Crippen LogP contribution is 2.27. The fraction of sp³-hybridized carbons (Fsp3) is 0.412. The van der Waals surface area contributed by atoms with Crippen LogP contribution in [-0.2, 0) is 4.74 Å². The zero-order valence-corrected chi connectivity index (χ0v) is 12.6. The van der Waals surface area contributed by atoms with Gasteiger partial charge in [0.1, 0.15) is 0 Å². The molecule has 4 nitrogen and oxygen atoms in total. The molecule has 1 aromatic heterocycles. The van der Waals surface area contributed by atoms with Gasteiger partial charge in [-0.3, -0.25) is 0 Å². The van der Waals surface area contributed by atoms with Crippen molar-refractivity contribution in [2.45, 2.75) is 39.5 Å². The summed E-state index contributed by atoms with van der Waals surface area (Å²) < 4.78 is 7.10. The third-order valence-corrected chi connectivity index (χ3v) is 3.98. The first-order valence-electron chi connectivity index (χ1n) is 7.56. The molecular weight excluding hydrogens is 264 g/mol. The van der Waals surface area contributed by atoms with Gasteiger partial charge in [0.15, 0.2) is 0 Å². The smallest absolute Gasteiger partial charge is 0.340 e. The number of carbonyl (C=O) groups is 1. The molecule has 1 fully saturated rings. The third kappa shape index (κ3) is 2.46. The van der Waals surface area contributed by atoms with Crippen LogP contribution in [0.2, 0.25) is 0 Å². The monoisotopic (exact) mass is 284 g/mol. The highest BCUT2D eigenvalue weighted by Gasteiger charge is 2.21. The molecule has 0 saturated heterocycles. The van der Waals surface area contributed by atoms with E-state index in [0.717, 1.165) is 29.4 Å². The van der Waals surface area contributed by atoms with Crippen molar-refractivity contribution < 1.29 is 9.53 Å². The third-order valence-electron chi connectivity index (χ3n) is 3.98. The number of esters is 1. The van der Waals surface area contributed by atoms with Crippen LogP contribution < -0.4 is 0 Å². The molecule has 2 aromatic rings. The van der Waals surface area contributed by atoms with Gasteiger partial charge in [-0.05, 0) is 45.6 Å². The maximum Gasteiger partial charge on any atom is 0.340 e. The van der Waals surface area contributed by atoms with Crippen LogP contribution in [0.1, 0.15) is 48.7 Å². The summed E-state index contributed by atoms with van der Waals surface area (Å²) in [6.45, 7) is 4.14. The molecule has 0 unspecified atom stereocenters. The number of rotatable bonds is 3. The number of para-hydroxylation sites is 1. The molecule has 1 saturated carbocycles. The molecule has 3 rings (SSSR count). The summed E-state index contributed by atoms with van der Waals surface area (Å²) in [4.78, 5) is 12.2. The zero-order chi connectivity index (χ0) is 14.8. The number of nitrogens with zero attached hydrogens (tertiary/aromatic N) is 2. The summed E-state index contributed by atoms with van der Waals surface area (Å²) in [5.41, 5.74) is 3.68. The van der Waals surface area contributed by atoms with E-state index >= 15 is 0 Å². The van der Waals surface area contributed by atoms with E-state index in [1.54, 1.807) is 0 Å². The van der Waals surface area contributed by atoms with Crippen LogP contribution in [0.4, 0.5) is 0 Å². The van der Waals surface area contributed by atoms with Crippen molar-refractivity contribution >= 4 is 22.6 Å². The number of carbonyl (C=O) groups excluding carboxylic acids is 1. The van der Waals surface area contributed by atoms with Gasteiger partial charge in [-0.25, -0.2) is 9.47 Å². The topological polar surface area (TPSA) is 43.6 Å². The van der Waals surface area contributed by atoms with Crippen LogP contribution in [0.15, 0.2) is 29.4 Å². The molecular formula is C17H20N2O2. The van der Waals surface area contributed by atoms with Crippen LogP contribution in [0.5, 0.6) is 0 Å². The fourth-order valence-electron chi connectivity index (χ4n) is 2.97. The zero-order valence-electron chi connectivity index (χ0n) is 12.6. The van der Waals surface area contributed by atoms with Gasteiger partial charge >= 0.3 is 5.97 Å². The van der Waals surface area contributed by atoms with Crippen LogP contribution in [0.3, 0.4) is 0 Å². The van der Waals surface area contributed by atoms with E-state index < -0.39 is 0 Å². The van der Waals surface area contributed by atoms with E-state index in [-0.39, 0.29) is 5.97 Å². The first-order valence-corrected chi connectivity index (χ1v) is 7.56. The minimum atomic E-state index is -0.267. The molecule has 1 aliphatic carbocycles. The van der Waals surface area contributed by atoms with E-state index in [9.17, 15) is 4.79 Å². The van der Waals surface area contributed by atoms with Crippen molar-refractivity contribution in [2.75, 3.05) is 6.61 Å². The predicted octanol–water partition coefficient (Wildman–Crippen LogP) is 3.90. The lowest BCUT2D eigenvalue weighted by Crippen LogP contribution is -2.07. The van der Waals surface area contributed by atoms with Crippen molar-refractivity contribution in [1.82, 2.24) is 4.68 Å². The summed E-state index contributed by atoms with van der Waals surface area (Å²) >= 11 is 0. The Morgan fingerprint density at radius 2 is 2.00 bits per heavy atom. The maximum atomic E-state index is 12.2. The van der Waals surface area contributed by atoms with Crippen LogP contribution >= 0.6 is 0 Å². The minimum Gasteiger partial charge on any atom is -0.462 e. The standard InChI is InChI=1S/C17H20N2O2/c1-3-21-17(20)16-12(2)19(18-13-8-4-5-9-13)15-11-7-6-10-14(15)16/h6-7,10-11H,3-5,8-9H2,1-2H3. The minimum absolute atomic E-state index is 0.267. The van der Waals surface area contributed by atoms with Gasteiger partial charge in [-0.2, -0.15) is 5.10 Å². The lowest BCUT2D eigenvalue weighted by Gasteiger charge is -2.04. The summed E-state index contributed by atoms with van der Waals surface area (Å²) in [7, 11) is 0. The van der Waals surface area contributed by atoms with Crippen molar-refractivity contribution in [2.24, 2.45) is 5.10 Å². The van der Waals surface area contributed by atoms with E-state index in [1.807, 2.05) is 42.8 Å². The Balaban J connectivity index is 2.18. The Labute approximate surface area is 124 Å². The number of hydrogen-bond donors (Lipinski definition) is 0. The predicted molar refractivity (Wildman–Crippen MR) is 83.9 cm³/mol. The Morgan fingerprint density at radius 3 is 2.71 bits per heavy atom. The summed E-state index contributed by atoms with van der Waals surface area (Å²) in [6.07, 6.45) is 4.53. The molecule has 4 heteroatoms. The normalized spacial score (nSPS) is 14.7. The first kappa shape index (κ1) is 13.9. The van der Waals surface area contributed by atoms with Gasteiger partial charge in [0, 0.05) is 11.1 Å². The van der Waals surface area contributed by atoms with Crippen molar-refractivity contribution in [3.05, 3.63) is 35.5 Å². The van der Waals surface area contributed by atoms with Gasteiger partial charge < -0.3 is 4.74 Å². The molecule has 1 aliphatic rings. The molecule has 21 heavy (non-hydrogen) atoms. The Bertz CT molecular complexity index is 705. The largest absolute Gasteiger partial charge is 0.462 e. The molecule has 0 atom stereocenters. The van der Waals surface area contributed by atoms with Gasteiger partial charge in [0.25, 0.3) is 0 Å². The van der Waals surface area contributed by atoms with Gasteiger partial charge in [-0.15, -0.1) is 0 Å². The molecule has 0 aliphatic heterocycles. The first-order chi connectivity index (χ1) is 10.2. The number of benzene rings is 1. The summed E-state index contributed by atoms with van der Waals surface area (Å²) in [5.74, 6) is -0.267. The quantitative estimate of drug-likeness (QED) is 0.802. The van der Waals surface area contributed by atoms with Gasteiger partial charge in [0.05, 0.1) is 23.4 Å². The average Bonchev–Trinajstić information content (AvgIpc) is 3.07. The SMILES string of the molecule is CCOC(=O)c1c(C)n(N=C2CCCC2)c2ccccc12. The van der Waals surface area contributed by atoms with Crippen LogP contribution in [0.25, 0.3) is 10.9 Å².